The zero-order valence-corrected chi connectivity index (χ0v) is 10.6. The molecular formula is C11H15ClN2O3. The van der Waals surface area contributed by atoms with Gasteiger partial charge in [0.25, 0.3) is 5.56 Å². The predicted octanol–water partition coefficient (Wildman–Crippen LogP) is 1.15. The van der Waals surface area contributed by atoms with Crippen molar-refractivity contribution >= 4 is 11.6 Å². The molecule has 0 saturated carbocycles. The van der Waals surface area contributed by atoms with Crippen molar-refractivity contribution in [3.05, 3.63) is 32.1 Å². The van der Waals surface area contributed by atoms with E-state index in [2.05, 4.69) is 4.98 Å². The van der Waals surface area contributed by atoms with Crippen LogP contribution in [0.2, 0.25) is 5.02 Å². The maximum atomic E-state index is 11.5. The second-order valence-electron chi connectivity index (χ2n) is 4.93. The Hall–Kier alpha value is -1.07. The fourth-order valence-corrected chi connectivity index (χ4v) is 2.21. The molecule has 94 valence electrons. The normalized spacial score (nSPS) is 22.9. The van der Waals surface area contributed by atoms with Crippen molar-refractivity contribution in [3.63, 3.8) is 0 Å². The number of aromatic amines is 1. The van der Waals surface area contributed by atoms with Crippen LogP contribution in [0, 0.1) is 0 Å². The molecule has 0 radical (unpaired) electrons. The highest BCUT2D eigenvalue weighted by atomic mass is 35.5. The summed E-state index contributed by atoms with van der Waals surface area (Å²) in [4.78, 5) is 24.8. The largest absolute Gasteiger partial charge is 0.370 e. The minimum Gasteiger partial charge on any atom is -0.370 e. The maximum absolute atomic E-state index is 11.5. The number of aromatic nitrogens is 2. The van der Waals surface area contributed by atoms with Crippen molar-refractivity contribution in [1.82, 2.24) is 9.55 Å². The van der Waals surface area contributed by atoms with Gasteiger partial charge in [-0.1, -0.05) is 11.6 Å². The van der Waals surface area contributed by atoms with Crippen LogP contribution in [0.5, 0.6) is 0 Å². The van der Waals surface area contributed by atoms with E-state index in [1.54, 1.807) is 0 Å². The fraction of sp³-hybridized carbons (Fsp3) is 0.636. The van der Waals surface area contributed by atoms with E-state index in [0.29, 0.717) is 6.54 Å². The van der Waals surface area contributed by atoms with Crippen LogP contribution in [0.1, 0.15) is 26.7 Å². The quantitative estimate of drug-likeness (QED) is 0.865. The number of nitrogens with one attached hydrogen (secondary N) is 1. The third-order valence-corrected chi connectivity index (χ3v) is 3.19. The fourth-order valence-electron chi connectivity index (χ4n) is 2.04. The van der Waals surface area contributed by atoms with Crippen molar-refractivity contribution in [3.8, 4) is 0 Å². The van der Waals surface area contributed by atoms with Crippen LogP contribution in [0.3, 0.4) is 0 Å². The van der Waals surface area contributed by atoms with Crippen LogP contribution in [0.15, 0.2) is 15.8 Å². The van der Waals surface area contributed by atoms with Gasteiger partial charge in [-0.2, -0.15) is 0 Å². The molecule has 6 heteroatoms. The van der Waals surface area contributed by atoms with E-state index in [1.807, 2.05) is 13.8 Å². The average molecular weight is 259 g/mol. The maximum Gasteiger partial charge on any atom is 0.328 e. The summed E-state index contributed by atoms with van der Waals surface area (Å²) in [7, 11) is 0. The number of halogens is 1. The summed E-state index contributed by atoms with van der Waals surface area (Å²) in [6.07, 6.45) is 3.21. The highest BCUT2D eigenvalue weighted by Crippen LogP contribution is 2.29. The molecule has 1 saturated heterocycles. The Morgan fingerprint density at radius 3 is 2.88 bits per heavy atom. The molecule has 1 fully saturated rings. The predicted molar refractivity (Wildman–Crippen MR) is 64.5 cm³/mol. The highest BCUT2D eigenvalue weighted by Gasteiger charge is 2.31. The Labute approximate surface area is 103 Å². The Morgan fingerprint density at radius 2 is 2.29 bits per heavy atom. The molecular weight excluding hydrogens is 244 g/mol. The first-order valence-electron chi connectivity index (χ1n) is 5.54. The third kappa shape index (κ3) is 2.79. The van der Waals surface area contributed by atoms with Crippen molar-refractivity contribution in [1.29, 1.82) is 0 Å². The molecule has 2 heterocycles. The van der Waals surface area contributed by atoms with E-state index in [0.717, 1.165) is 12.8 Å². The van der Waals surface area contributed by atoms with E-state index in [-0.39, 0.29) is 16.7 Å². The molecule has 0 amide bonds. The molecule has 5 nitrogen and oxygen atoms in total. The Morgan fingerprint density at radius 1 is 1.59 bits per heavy atom. The lowest BCUT2D eigenvalue weighted by molar-refractivity contribution is -0.0222. The molecule has 1 aliphatic heterocycles. The van der Waals surface area contributed by atoms with Crippen molar-refractivity contribution in [2.45, 2.75) is 44.9 Å². The highest BCUT2D eigenvalue weighted by molar-refractivity contribution is 6.30. The summed E-state index contributed by atoms with van der Waals surface area (Å²) in [6, 6.07) is 0. The van der Waals surface area contributed by atoms with Gasteiger partial charge in [-0.05, 0) is 26.7 Å². The number of nitrogens with zero attached hydrogens (tertiary/aromatic N) is 1. The molecule has 1 aromatic heterocycles. The smallest absolute Gasteiger partial charge is 0.328 e. The summed E-state index contributed by atoms with van der Waals surface area (Å²) >= 11 is 5.68. The van der Waals surface area contributed by atoms with Crippen LogP contribution >= 0.6 is 11.6 Å². The lowest BCUT2D eigenvalue weighted by Crippen LogP contribution is -2.33. The van der Waals surface area contributed by atoms with Gasteiger partial charge in [0.1, 0.15) is 5.02 Å². The monoisotopic (exact) mass is 258 g/mol. The Kier molecular flexibility index (Phi) is 3.14. The Balaban J connectivity index is 2.18. The van der Waals surface area contributed by atoms with Gasteiger partial charge in [0.2, 0.25) is 0 Å². The first kappa shape index (κ1) is 12.4. The zero-order chi connectivity index (χ0) is 12.6. The standard InChI is InChI=1S/C11H15ClN2O3/c1-11(2)4-3-7(17-11)5-14-6-8(12)9(15)13-10(14)16/h6-7H,3-5H2,1-2H3,(H,13,15,16). The van der Waals surface area contributed by atoms with Gasteiger partial charge in [-0.15, -0.1) is 0 Å². The van der Waals surface area contributed by atoms with Crippen molar-refractivity contribution in [2.24, 2.45) is 0 Å². The molecule has 1 N–H and O–H groups in total. The average Bonchev–Trinajstić information content (AvgIpc) is 2.54. The first-order chi connectivity index (χ1) is 7.87. The van der Waals surface area contributed by atoms with Gasteiger partial charge in [-0.3, -0.25) is 14.3 Å². The molecule has 0 bridgehead atoms. The number of hydrogen-bond acceptors (Lipinski definition) is 3. The zero-order valence-electron chi connectivity index (χ0n) is 9.83. The van der Waals surface area contributed by atoms with E-state index >= 15 is 0 Å². The van der Waals surface area contributed by atoms with Gasteiger partial charge >= 0.3 is 5.69 Å². The molecule has 1 unspecified atom stereocenters. The van der Waals surface area contributed by atoms with E-state index in [9.17, 15) is 9.59 Å². The lowest BCUT2D eigenvalue weighted by Gasteiger charge is -2.19. The van der Waals surface area contributed by atoms with Crippen LogP contribution in [0.25, 0.3) is 0 Å². The summed E-state index contributed by atoms with van der Waals surface area (Å²) < 4.78 is 7.17. The minimum atomic E-state index is -0.555. The summed E-state index contributed by atoms with van der Waals surface area (Å²) in [6.45, 7) is 4.46. The molecule has 0 aliphatic carbocycles. The molecule has 1 aliphatic rings. The van der Waals surface area contributed by atoms with Crippen LogP contribution in [-0.4, -0.2) is 21.3 Å². The SMILES string of the molecule is CC1(C)CCC(Cn2cc(Cl)c(=O)[nH]c2=O)O1. The number of rotatable bonds is 2. The molecule has 1 atom stereocenters. The van der Waals surface area contributed by atoms with Crippen LogP contribution in [0.4, 0.5) is 0 Å². The van der Waals surface area contributed by atoms with E-state index < -0.39 is 11.2 Å². The molecule has 1 aromatic rings. The third-order valence-electron chi connectivity index (χ3n) is 2.92. The van der Waals surface area contributed by atoms with Crippen LogP contribution in [-0.2, 0) is 11.3 Å². The lowest BCUT2D eigenvalue weighted by atomic mass is 10.1. The van der Waals surface area contributed by atoms with Gasteiger partial charge in [0.05, 0.1) is 18.2 Å². The number of hydrogen-bond donors (Lipinski definition) is 1. The molecule has 17 heavy (non-hydrogen) atoms. The van der Waals surface area contributed by atoms with E-state index in [4.69, 9.17) is 16.3 Å². The van der Waals surface area contributed by atoms with Gasteiger partial charge in [0, 0.05) is 6.20 Å². The second kappa shape index (κ2) is 4.31. The van der Waals surface area contributed by atoms with Crippen molar-refractivity contribution in [2.75, 3.05) is 0 Å². The topological polar surface area (TPSA) is 64.1 Å². The summed E-state index contributed by atoms with van der Waals surface area (Å²) in [5, 5.41) is 0.0156. The van der Waals surface area contributed by atoms with E-state index in [1.165, 1.54) is 10.8 Å². The number of H-pyrrole nitrogens is 1. The number of ether oxygens (including phenoxy) is 1. The first-order valence-corrected chi connectivity index (χ1v) is 5.92. The van der Waals surface area contributed by atoms with Gasteiger partial charge in [-0.25, -0.2) is 4.79 Å². The van der Waals surface area contributed by atoms with Gasteiger partial charge < -0.3 is 4.74 Å². The molecule has 2 rings (SSSR count). The second-order valence-corrected chi connectivity index (χ2v) is 5.33. The molecule has 0 spiro atoms. The van der Waals surface area contributed by atoms with Crippen LogP contribution < -0.4 is 11.2 Å². The minimum absolute atomic E-state index is 0.00957. The molecule has 0 aromatic carbocycles. The van der Waals surface area contributed by atoms with Crippen molar-refractivity contribution < 1.29 is 4.74 Å². The Bertz CT molecular complexity index is 532. The van der Waals surface area contributed by atoms with Gasteiger partial charge in [0.15, 0.2) is 0 Å². The summed E-state index contributed by atoms with van der Waals surface area (Å²) in [5.74, 6) is 0. The summed E-state index contributed by atoms with van der Waals surface area (Å²) in [5.41, 5.74) is -1.14.